The van der Waals surface area contributed by atoms with Gasteiger partial charge in [-0.2, -0.15) is 0 Å². The maximum atomic E-state index is 4.70. The minimum absolute atomic E-state index is 0. The Labute approximate surface area is 168 Å². The predicted molar refractivity (Wildman–Crippen MR) is 119 cm³/mol. The van der Waals surface area contributed by atoms with Gasteiger partial charge in [-0.15, -0.1) is 24.0 Å². The summed E-state index contributed by atoms with van der Waals surface area (Å²) in [6.07, 6.45) is 0. The molecule has 0 aromatic heterocycles. The Balaban J connectivity index is 0.00000312. The van der Waals surface area contributed by atoms with Crippen molar-refractivity contribution in [1.82, 2.24) is 10.6 Å². The van der Waals surface area contributed by atoms with Gasteiger partial charge in [0, 0.05) is 32.9 Å². The topological polar surface area (TPSA) is 39.7 Å². The van der Waals surface area contributed by atoms with Gasteiger partial charge in [-0.05, 0) is 42.7 Å². The van der Waals surface area contributed by atoms with E-state index in [1.54, 1.807) is 0 Å². The van der Waals surface area contributed by atoms with Crippen molar-refractivity contribution in [3.63, 3.8) is 0 Å². The zero-order chi connectivity index (χ0) is 17.4. The van der Waals surface area contributed by atoms with E-state index in [0.717, 1.165) is 19.0 Å². The smallest absolute Gasteiger partial charge is 0.191 e. The van der Waals surface area contributed by atoms with Gasteiger partial charge in [-0.3, -0.25) is 0 Å². The molecule has 0 heterocycles. The molecule has 2 N–H and O–H groups in total. The fourth-order valence-corrected chi connectivity index (χ4v) is 2.43. The van der Waals surface area contributed by atoms with Crippen LogP contribution < -0.4 is 15.5 Å². The standard InChI is InChI=1S/C20H28N4.HI/c1-5-21-20(23-15-18-11-7-6-9-16(18)2)22-14-17-10-8-12-19(13-17)24(3)4;/h6-13H,5,14-15H2,1-4H3,(H2,21,22,23);1H. The van der Waals surface area contributed by atoms with Crippen LogP contribution in [0.3, 0.4) is 0 Å². The fourth-order valence-electron chi connectivity index (χ4n) is 2.43. The molecule has 0 fully saturated rings. The van der Waals surface area contributed by atoms with Crippen LogP contribution in [0.25, 0.3) is 0 Å². The second-order valence-electron chi connectivity index (χ2n) is 6.04. The zero-order valence-electron chi connectivity index (χ0n) is 15.5. The van der Waals surface area contributed by atoms with Crippen molar-refractivity contribution >= 4 is 35.6 Å². The molecule has 0 saturated carbocycles. The molecular weight excluding hydrogens is 423 g/mol. The third kappa shape index (κ3) is 6.94. The lowest BCUT2D eigenvalue weighted by Gasteiger charge is -2.14. The number of hydrogen-bond acceptors (Lipinski definition) is 2. The number of hydrogen-bond donors (Lipinski definition) is 2. The predicted octanol–water partition coefficient (Wildman–Crippen LogP) is 3.93. The van der Waals surface area contributed by atoms with Gasteiger partial charge in [0.1, 0.15) is 0 Å². The molecule has 2 aromatic rings. The molecule has 2 aromatic carbocycles. The number of aliphatic imine (C=N–C) groups is 1. The number of halogens is 1. The summed E-state index contributed by atoms with van der Waals surface area (Å²) in [6, 6.07) is 16.9. The second-order valence-corrected chi connectivity index (χ2v) is 6.04. The van der Waals surface area contributed by atoms with Gasteiger partial charge in [-0.1, -0.05) is 36.4 Å². The lowest BCUT2D eigenvalue weighted by Crippen LogP contribution is -2.36. The average Bonchev–Trinajstić information content (AvgIpc) is 2.59. The van der Waals surface area contributed by atoms with Crippen molar-refractivity contribution in [2.24, 2.45) is 4.99 Å². The first kappa shape index (κ1) is 21.3. The Hall–Kier alpha value is -1.76. The molecule has 0 aliphatic heterocycles. The van der Waals surface area contributed by atoms with Gasteiger partial charge >= 0.3 is 0 Å². The molecule has 5 heteroatoms. The van der Waals surface area contributed by atoms with Crippen molar-refractivity contribution in [2.45, 2.75) is 26.9 Å². The lowest BCUT2D eigenvalue weighted by molar-refractivity contribution is 0.813. The van der Waals surface area contributed by atoms with Gasteiger partial charge in [0.25, 0.3) is 0 Å². The molecule has 0 bridgehead atoms. The largest absolute Gasteiger partial charge is 0.378 e. The first-order valence-corrected chi connectivity index (χ1v) is 8.43. The second kappa shape index (κ2) is 11.0. The first-order valence-electron chi connectivity index (χ1n) is 8.43. The van der Waals surface area contributed by atoms with E-state index in [9.17, 15) is 0 Å². The molecule has 0 aliphatic rings. The summed E-state index contributed by atoms with van der Waals surface area (Å²) in [7, 11) is 4.10. The molecule has 4 nitrogen and oxygen atoms in total. The highest BCUT2D eigenvalue weighted by atomic mass is 127. The SMILES string of the molecule is CCNC(=NCc1cccc(N(C)C)c1)NCc1ccccc1C.I. The maximum absolute atomic E-state index is 4.70. The molecule has 0 atom stereocenters. The molecule has 0 amide bonds. The Kier molecular flexibility index (Phi) is 9.34. The van der Waals surface area contributed by atoms with Crippen molar-refractivity contribution in [3.05, 3.63) is 65.2 Å². The summed E-state index contributed by atoms with van der Waals surface area (Å²) >= 11 is 0. The highest BCUT2D eigenvalue weighted by Crippen LogP contribution is 2.14. The number of rotatable bonds is 6. The van der Waals surface area contributed by atoms with Crippen molar-refractivity contribution in [2.75, 3.05) is 25.5 Å². The summed E-state index contributed by atoms with van der Waals surface area (Å²) in [6.45, 7) is 6.49. The molecule has 0 radical (unpaired) electrons. The van der Waals surface area contributed by atoms with Gasteiger partial charge in [0.2, 0.25) is 0 Å². The quantitative estimate of drug-likeness (QED) is 0.397. The number of aryl methyl sites for hydroxylation is 1. The molecule has 0 aliphatic carbocycles. The van der Waals surface area contributed by atoms with Crippen LogP contribution in [0.1, 0.15) is 23.6 Å². The summed E-state index contributed by atoms with van der Waals surface area (Å²) in [5, 5.41) is 6.72. The Bertz CT molecular complexity index is 683. The van der Waals surface area contributed by atoms with Gasteiger partial charge in [-0.25, -0.2) is 4.99 Å². The minimum Gasteiger partial charge on any atom is -0.378 e. The number of benzene rings is 2. The highest BCUT2D eigenvalue weighted by molar-refractivity contribution is 14.0. The van der Waals surface area contributed by atoms with Gasteiger partial charge < -0.3 is 15.5 Å². The normalized spacial score (nSPS) is 10.8. The molecule has 0 spiro atoms. The van der Waals surface area contributed by atoms with Crippen LogP contribution in [-0.4, -0.2) is 26.6 Å². The van der Waals surface area contributed by atoms with Gasteiger partial charge in [0.15, 0.2) is 5.96 Å². The molecule has 0 unspecified atom stereocenters. The summed E-state index contributed by atoms with van der Waals surface area (Å²) < 4.78 is 0. The van der Waals surface area contributed by atoms with Gasteiger partial charge in [0.05, 0.1) is 6.54 Å². The number of nitrogens with one attached hydrogen (secondary N) is 2. The van der Waals surface area contributed by atoms with Crippen LogP contribution in [0, 0.1) is 6.92 Å². The van der Waals surface area contributed by atoms with Crippen LogP contribution in [0.5, 0.6) is 0 Å². The Morgan fingerprint density at radius 3 is 2.48 bits per heavy atom. The first-order chi connectivity index (χ1) is 11.6. The Morgan fingerprint density at radius 2 is 1.80 bits per heavy atom. The summed E-state index contributed by atoms with van der Waals surface area (Å²) in [4.78, 5) is 6.81. The molecular formula is C20H29IN4. The van der Waals surface area contributed by atoms with Crippen LogP contribution in [0.15, 0.2) is 53.5 Å². The number of anilines is 1. The third-order valence-electron chi connectivity index (χ3n) is 3.90. The van der Waals surface area contributed by atoms with Crippen LogP contribution in [0.2, 0.25) is 0 Å². The minimum atomic E-state index is 0. The van der Waals surface area contributed by atoms with E-state index >= 15 is 0 Å². The van der Waals surface area contributed by atoms with Crippen LogP contribution in [-0.2, 0) is 13.1 Å². The monoisotopic (exact) mass is 452 g/mol. The number of guanidine groups is 1. The molecule has 0 saturated heterocycles. The van der Waals surface area contributed by atoms with Crippen LogP contribution in [0.4, 0.5) is 5.69 Å². The summed E-state index contributed by atoms with van der Waals surface area (Å²) in [5.41, 5.74) is 4.98. The van der Waals surface area contributed by atoms with E-state index in [1.165, 1.54) is 22.4 Å². The van der Waals surface area contributed by atoms with E-state index in [-0.39, 0.29) is 24.0 Å². The Morgan fingerprint density at radius 1 is 1.04 bits per heavy atom. The van der Waals surface area contributed by atoms with E-state index in [2.05, 4.69) is 92.0 Å². The highest BCUT2D eigenvalue weighted by Gasteiger charge is 2.02. The lowest BCUT2D eigenvalue weighted by atomic mass is 10.1. The van der Waals surface area contributed by atoms with Crippen molar-refractivity contribution < 1.29 is 0 Å². The van der Waals surface area contributed by atoms with E-state index in [0.29, 0.717) is 6.54 Å². The average molecular weight is 452 g/mol. The van der Waals surface area contributed by atoms with Crippen molar-refractivity contribution in [3.8, 4) is 0 Å². The van der Waals surface area contributed by atoms with E-state index in [1.807, 2.05) is 0 Å². The summed E-state index contributed by atoms with van der Waals surface area (Å²) in [5.74, 6) is 0.844. The fraction of sp³-hybridized carbons (Fsp3) is 0.350. The number of nitrogens with zero attached hydrogens (tertiary/aromatic N) is 2. The van der Waals surface area contributed by atoms with E-state index in [4.69, 9.17) is 4.99 Å². The van der Waals surface area contributed by atoms with Crippen molar-refractivity contribution in [1.29, 1.82) is 0 Å². The molecule has 136 valence electrons. The zero-order valence-corrected chi connectivity index (χ0v) is 17.9. The molecule has 25 heavy (non-hydrogen) atoms. The third-order valence-corrected chi connectivity index (χ3v) is 3.90. The maximum Gasteiger partial charge on any atom is 0.191 e. The van der Waals surface area contributed by atoms with E-state index < -0.39 is 0 Å². The van der Waals surface area contributed by atoms with Crippen LogP contribution >= 0.6 is 24.0 Å². The molecule has 2 rings (SSSR count).